The van der Waals surface area contributed by atoms with Gasteiger partial charge in [0.15, 0.2) is 16.7 Å². The summed E-state index contributed by atoms with van der Waals surface area (Å²) in [5.74, 6) is 1.19. The molecule has 0 saturated carbocycles. The number of methoxy groups -OCH3 is 1. The van der Waals surface area contributed by atoms with Crippen LogP contribution in [0, 0.1) is 0 Å². The van der Waals surface area contributed by atoms with Crippen molar-refractivity contribution in [1.82, 2.24) is 4.90 Å². The maximum atomic E-state index is 13.1. The Bertz CT molecular complexity index is 979. The van der Waals surface area contributed by atoms with Gasteiger partial charge in [0, 0.05) is 7.11 Å². The average molecular weight is 505 g/mol. The number of amidine groups is 1. The minimum atomic E-state index is -0.0975. The SMILES string of the molecule is CCOc1cc(C=C2SC(=Nc3ccccc3)N(CCOC)C2=O)cc(Br)c1OCC. The van der Waals surface area contributed by atoms with Gasteiger partial charge in [0.25, 0.3) is 5.91 Å². The topological polar surface area (TPSA) is 60.4 Å². The van der Waals surface area contributed by atoms with Gasteiger partial charge in [-0.1, -0.05) is 18.2 Å². The Morgan fingerprint density at radius 3 is 2.55 bits per heavy atom. The molecule has 1 fully saturated rings. The third kappa shape index (κ3) is 5.90. The number of ether oxygens (including phenoxy) is 3. The van der Waals surface area contributed by atoms with Gasteiger partial charge in [-0.25, -0.2) is 4.99 Å². The molecule has 2 aromatic carbocycles. The van der Waals surface area contributed by atoms with E-state index in [1.807, 2.05) is 62.4 Å². The summed E-state index contributed by atoms with van der Waals surface area (Å²) in [6, 6.07) is 13.4. The smallest absolute Gasteiger partial charge is 0.266 e. The highest BCUT2D eigenvalue weighted by atomic mass is 79.9. The molecule has 0 bridgehead atoms. The molecule has 8 heteroatoms. The quantitative estimate of drug-likeness (QED) is 0.422. The number of benzene rings is 2. The normalized spacial score (nSPS) is 16.4. The van der Waals surface area contributed by atoms with E-state index in [4.69, 9.17) is 14.2 Å². The molecule has 0 atom stereocenters. The van der Waals surface area contributed by atoms with Crippen molar-refractivity contribution in [1.29, 1.82) is 0 Å². The molecule has 164 valence electrons. The highest BCUT2D eigenvalue weighted by molar-refractivity contribution is 9.10. The van der Waals surface area contributed by atoms with E-state index in [1.165, 1.54) is 11.8 Å². The van der Waals surface area contributed by atoms with Gasteiger partial charge in [-0.15, -0.1) is 0 Å². The van der Waals surface area contributed by atoms with Crippen LogP contribution in [0.1, 0.15) is 19.4 Å². The van der Waals surface area contributed by atoms with E-state index < -0.39 is 0 Å². The first kappa shape index (κ1) is 23.4. The van der Waals surface area contributed by atoms with E-state index in [1.54, 1.807) is 12.0 Å². The van der Waals surface area contributed by atoms with E-state index >= 15 is 0 Å². The van der Waals surface area contributed by atoms with E-state index in [2.05, 4.69) is 20.9 Å². The summed E-state index contributed by atoms with van der Waals surface area (Å²) < 4.78 is 17.4. The first-order valence-electron chi connectivity index (χ1n) is 10.0. The molecule has 1 amide bonds. The standard InChI is InChI=1S/C23H25BrN2O4S/c1-4-29-19-14-16(13-18(24)21(19)30-5-2)15-20-22(27)26(11-12-28-3)23(31-20)25-17-9-7-6-8-10-17/h6-10,13-15H,4-5,11-12H2,1-3H3. The first-order valence-corrected chi connectivity index (χ1v) is 11.6. The fraction of sp³-hybridized carbons (Fsp3) is 0.304. The van der Waals surface area contributed by atoms with Crippen molar-refractivity contribution in [2.75, 3.05) is 33.5 Å². The van der Waals surface area contributed by atoms with Crippen molar-refractivity contribution in [2.45, 2.75) is 13.8 Å². The van der Waals surface area contributed by atoms with Crippen LogP contribution in [0.3, 0.4) is 0 Å². The Balaban J connectivity index is 1.96. The van der Waals surface area contributed by atoms with Gasteiger partial charge in [-0.3, -0.25) is 9.69 Å². The molecule has 31 heavy (non-hydrogen) atoms. The van der Waals surface area contributed by atoms with Gasteiger partial charge in [0.05, 0.1) is 41.4 Å². The maximum absolute atomic E-state index is 13.1. The summed E-state index contributed by atoms with van der Waals surface area (Å²) in [6.07, 6.45) is 1.85. The van der Waals surface area contributed by atoms with E-state index in [0.717, 1.165) is 15.7 Å². The van der Waals surface area contributed by atoms with Crippen LogP contribution < -0.4 is 9.47 Å². The molecule has 0 spiro atoms. The minimum absolute atomic E-state index is 0.0975. The third-order valence-corrected chi connectivity index (χ3v) is 5.90. The first-order chi connectivity index (χ1) is 15.1. The number of hydrogen-bond donors (Lipinski definition) is 0. The number of amides is 1. The lowest BCUT2D eigenvalue weighted by molar-refractivity contribution is -0.122. The van der Waals surface area contributed by atoms with E-state index in [9.17, 15) is 4.79 Å². The second-order valence-corrected chi connectivity index (χ2v) is 8.35. The number of carbonyl (C=O) groups is 1. The van der Waals surface area contributed by atoms with Crippen LogP contribution in [-0.4, -0.2) is 49.4 Å². The summed E-state index contributed by atoms with van der Waals surface area (Å²) in [5, 5.41) is 0.634. The largest absolute Gasteiger partial charge is 0.490 e. The highest BCUT2D eigenvalue weighted by Gasteiger charge is 2.33. The molecular formula is C23H25BrN2O4S. The van der Waals surface area contributed by atoms with Crippen molar-refractivity contribution in [3.63, 3.8) is 0 Å². The summed E-state index contributed by atoms with van der Waals surface area (Å²) in [7, 11) is 1.62. The van der Waals surface area contributed by atoms with Crippen molar-refractivity contribution in [3.8, 4) is 11.5 Å². The molecule has 1 aliphatic heterocycles. The molecule has 0 aromatic heterocycles. The minimum Gasteiger partial charge on any atom is -0.490 e. The van der Waals surface area contributed by atoms with Crippen molar-refractivity contribution < 1.29 is 19.0 Å². The van der Waals surface area contributed by atoms with Crippen LogP contribution >= 0.6 is 27.7 Å². The highest BCUT2D eigenvalue weighted by Crippen LogP contribution is 2.39. The van der Waals surface area contributed by atoms with Crippen molar-refractivity contribution >= 4 is 50.5 Å². The van der Waals surface area contributed by atoms with Gasteiger partial charge >= 0.3 is 0 Å². The summed E-state index contributed by atoms with van der Waals surface area (Å²) in [4.78, 5) is 20.0. The summed E-state index contributed by atoms with van der Waals surface area (Å²) in [6.45, 7) is 5.75. The second kappa shape index (κ2) is 11.4. The zero-order chi connectivity index (χ0) is 22.2. The summed E-state index contributed by atoms with van der Waals surface area (Å²) >= 11 is 4.91. The molecule has 2 aromatic rings. The molecular weight excluding hydrogens is 480 g/mol. The number of halogens is 1. The van der Waals surface area contributed by atoms with Gasteiger partial charge < -0.3 is 14.2 Å². The van der Waals surface area contributed by atoms with Gasteiger partial charge in [-0.05, 0) is 77.4 Å². The molecule has 0 unspecified atom stereocenters. The van der Waals surface area contributed by atoms with Crippen molar-refractivity contribution in [2.24, 2.45) is 4.99 Å². The van der Waals surface area contributed by atoms with Crippen LogP contribution in [0.15, 0.2) is 56.8 Å². The maximum Gasteiger partial charge on any atom is 0.266 e. The fourth-order valence-electron chi connectivity index (χ4n) is 2.95. The van der Waals surface area contributed by atoms with Crippen LogP contribution in [0.2, 0.25) is 0 Å². The Kier molecular flexibility index (Phi) is 8.57. The zero-order valence-electron chi connectivity index (χ0n) is 17.8. The Morgan fingerprint density at radius 1 is 1.13 bits per heavy atom. The number of rotatable bonds is 9. The zero-order valence-corrected chi connectivity index (χ0v) is 20.2. The molecule has 0 radical (unpaired) electrons. The number of thioether (sulfide) groups is 1. The van der Waals surface area contributed by atoms with Crippen LogP contribution in [0.5, 0.6) is 11.5 Å². The number of hydrogen-bond acceptors (Lipinski definition) is 6. The number of para-hydroxylation sites is 1. The third-order valence-electron chi connectivity index (χ3n) is 4.31. The molecule has 6 nitrogen and oxygen atoms in total. The lowest BCUT2D eigenvalue weighted by Gasteiger charge is -2.14. The van der Waals surface area contributed by atoms with Gasteiger partial charge in [0.2, 0.25) is 0 Å². The number of aliphatic imine (C=N–C) groups is 1. The van der Waals surface area contributed by atoms with E-state index in [0.29, 0.717) is 47.9 Å². The fourth-order valence-corrected chi connectivity index (χ4v) is 4.55. The van der Waals surface area contributed by atoms with Crippen molar-refractivity contribution in [3.05, 3.63) is 57.4 Å². The monoisotopic (exact) mass is 504 g/mol. The number of nitrogens with zero attached hydrogens (tertiary/aromatic N) is 2. The molecule has 0 aliphatic carbocycles. The van der Waals surface area contributed by atoms with Crippen LogP contribution in [0.4, 0.5) is 5.69 Å². The Hall–Kier alpha value is -2.29. The molecule has 1 heterocycles. The Morgan fingerprint density at radius 2 is 1.87 bits per heavy atom. The predicted octanol–water partition coefficient (Wildman–Crippen LogP) is 5.50. The second-order valence-electron chi connectivity index (χ2n) is 6.49. The Labute approximate surface area is 195 Å². The van der Waals surface area contributed by atoms with Crippen LogP contribution in [0.25, 0.3) is 6.08 Å². The lowest BCUT2D eigenvalue weighted by atomic mass is 10.2. The molecule has 3 rings (SSSR count). The predicted molar refractivity (Wildman–Crippen MR) is 129 cm³/mol. The lowest BCUT2D eigenvalue weighted by Crippen LogP contribution is -2.32. The van der Waals surface area contributed by atoms with Gasteiger partial charge in [-0.2, -0.15) is 0 Å². The van der Waals surface area contributed by atoms with Gasteiger partial charge in [0.1, 0.15) is 0 Å². The molecule has 1 saturated heterocycles. The molecule has 1 aliphatic rings. The number of carbonyl (C=O) groups excluding carboxylic acids is 1. The average Bonchev–Trinajstić information content (AvgIpc) is 3.04. The van der Waals surface area contributed by atoms with Crippen LogP contribution in [-0.2, 0) is 9.53 Å². The molecule has 0 N–H and O–H groups in total. The summed E-state index contributed by atoms with van der Waals surface area (Å²) in [5.41, 5.74) is 1.63. The van der Waals surface area contributed by atoms with E-state index in [-0.39, 0.29) is 5.91 Å².